The molecule has 1 aromatic carbocycles. The molecule has 2 bridgehead atoms. The minimum Gasteiger partial charge on any atom is -0.462 e. The summed E-state index contributed by atoms with van der Waals surface area (Å²) in [6, 6.07) is 8.45. The van der Waals surface area contributed by atoms with Crippen LogP contribution in [-0.2, 0) is 38.1 Å². The van der Waals surface area contributed by atoms with Gasteiger partial charge in [0.25, 0.3) is 0 Å². The lowest BCUT2D eigenvalue weighted by Crippen LogP contribution is -2.63. The number of aliphatic hydroxyl groups excluding tert-OH is 1. The minimum atomic E-state index is -1.38. The molecule has 9 atom stereocenters. The smallest absolute Gasteiger partial charge is 0.338 e. The first kappa shape index (κ1) is 30.9. The van der Waals surface area contributed by atoms with Crippen molar-refractivity contribution in [3.8, 4) is 0 Å². The highest BCUT2D eigenvalue weighted by molar-refractivity contribution is 5.89. The molecule has 10 heteroatoms. The van der Waals surface area contributed by atoms with Crippen LogP contribution in [0.1, 0.15) is 71.7 Å². The van der Waals surface area contributed by atoms with Crippen molar-refractivity contribution in [2.24, 2.45) is 16.7 Å². The average Bonchev–Trinajstić information content (AvgIpc) is 3.34. The van der Waals surface area contributed by atoms with Gasteiger partial charge in [0.1, 0.15) is 12.2 Å². The number of aliphatic hydroxyl groups is 1. The fourth-order valence-corrected chi connectivity index (χ4v) is 8.36. The van der Waals surface area contributed by atoms with E-state index in [9.17, 15) is 24.3 Å². The molecule has 1 saturated heterocycles. The lowest BCUT2D eigenvalue weighted by Gasteiger charge is -2.55. The molecule has 1 aliphatic heterocycles. The van der Waals surface area contributed by atoms with Gasteiger partial charge in [-0.05, 0) is 56.0 Å². The van der Waals surface area contributed by atoms with E-state index in [1.807, 2.05) is 20.8 Å². The molecule has 3 aliphatic carbocycles. The number of rotatable bonds is 5. The van der Waals surface area contributed by atoms with Crippen molar-refractivity contribution in [3.63, 3.8) is 0 Å². The number of carbonyl (C=O) groups excluding carboxylic acids is 4. The summed E-state index contributed by atoms with van der Waals surface area (Å²) in [4.78, 5) is 52.0. The van der Waals surface area contributed by atoms with Crippen LogP contribution in [0.5, 0.6) is 0 Å². The van der Waals surface area contributed by atoms with Gasteiger partial charge in [0, 0.05) is 33.1 Å². The predicted octanol–water partition coefficient (Wildman–Crippen LogP) is 3.85. The van der Waals surface area contributed by atoms with Crippen LogP contribution in [0, 0.1) is 16.7 Å². The number of benzene rings is 1. The Kier molecular flexibility index (Phi) is 7.62. The summed E-state index contributed by atoms with van der Waals surface area (Å²) in [5, 5.41) is 11.3. The van der Waals surface area contributed by atoms with Crippen LogP contribution in [0.3, 0.4) is 0 Å². The van der Waals surface area contributed by atoms with Gasteiger partial charge >= 0.3 is 23.9 Å². The molecular weight excluding hydrogens is 556 g/mol. The first-order valence-corrected chi connectivity index (χ1v) is 14.6. The Morgan fingerprint density at radius 3 is 2.07 bits per heavy atom. The number of hydrogen-bond acceptors (Lipinski definition) is 10. The molecule has 232 valence electrons. The molecule has 2 saturated carbocycles. The molecule has 5 rings (SSSR count). The molecule has 1 heterocycles. The number of carbonyl (C=O) groups is 4. The van der Waals surface area contributed by atoms with E-state index in [0.29, 0.717) is 17.6 Å². The van der Waals surface area contributed by atoms with Crippen LogP contribution in [0.4, 0.5) is 0 Å². The highest BCUT2D eigenvalue weighted by Crippen LogP contribution is 2.70. The van der Waals surface area contributed by atoms with Crippen molar-refractivity contribution in [2.75, 3.05) is 0 Å². The van der Waals surface area contributed by atoms with Gasteiger partial charge in [0.05, 0.1) is 34.2 Å². The molecule has 1 spiro atoms. The first-order valence-electron chi connectivity index (χ1n) is 14.6. The topological polar surface area (TPSA) is 135 Å². The van der Waals surface area contributed by atoms with E-state index in [4.69, 9.17) is 23.7 Å². The van der Waals surface area contributed by atoms with Crippen molar-refractivity contribution in [2.45, 2.75) is 104 Å². The fraction of sp³-hybridized carbons (Fsp3) is 0.576. The molecule has 43 heavy (non-hydrogen) atoms. The van der Waals surface area contributed by atoms with Crippen LogP contribution in [-0.4, -0.2) is 71.2 Å². The minimum absolute atomic E-state index is 0.0527. The maximum Gasteiger partial charge on any atom is 0.338 e. The van der Waals surface area contributed by atoms with Gasteiger partial charge in [-0.2, -0.15) is 0 Å². The van der Waals surface area contributed by atoms with Gasteiger partial charge in [-0.25, -0.2) is 4.79 Å². The third-order valence-corrected chi connectivity index (χ3v) is 10.1. The van der Waals surface area contributed by atoms with Crippen LogP contribution in [0.15, 0.2) is 53.6 Å². The molecular formula is C33H40O10. The summed E-state index contributed by atoms with van der Waals surface area (Å²) in [5.74, 6) is -3.40. The predicted molar refractivity (Wildman–Crippen MR) is 152 cm³/mol. The fourth-order valence-electron chi connectivity index (χ4n) is 8.36. The Balaban J connectivity index is 1.85. The highest BCUT2D eigenvalue weighted by atomic mass is 16.6. The van der Waals surface area contributed by atoms with E-state index >= 15 is 0 Å². The number of fused-ring (bicyclic) bond motifs is 2. The van der Waals surface area contributed by atoms with Gasteiger partial charge in [0.15, 0.2) is 12.2 Å². The van der Waals surface area contributed by atoms with E-state index in [1.165, 1.54) is 20.8 Å². The third kappa shape index (κ3) is 4.61. The number of esters is 4. The Morgan fingerprint density at radius 2 is 1.49 bits per heavy atom. The Morgan fingerprint density at radius 1 is 0.907 bits per heavy atom. The highest BCUT2D eigenvalue weighted by Gasteiger charge is 2.76. The van der Waals surface area contributed by atoms with E-state index in [2.05, 4.69) is 6.58 Å². The largest absolute Gasteiger partial charge is 0.462 e. The van der Waals surface area contributed by atoms with Crippen LogP contribution in [0.2, 0.25) is 0 Å². The van der Waals surface area contributed by atoms with E-state index in [-0.39, 0.29) is 12.0 Å². The third-order valence-electron chi connectivity index (χ3n) is 10.1. The Bertz CT molecular complexity index is 1400. The summed E-state index contributed by atoms with van der Waals surface area (Å²) in [6.07, 6.45) is -5.64. The molecule has 0 unspecified atom stereocenters. The summed E-state index contributed by atoms with van der Waals surface area (Å²) in [6.45, 7) is 15.5. The van der Waals surface area contributed by atoms with Gasteiger partial charge < -0.3 is 28.8 Å². The second-order valence-electron chi connectivity index (χ2n) is 12.9. The van der Waals surface area contributed by atoms with Crippen molar-refractivity contribution >= 4 is 23.9 Å². The monoisotopic (exact) mass is 596 g/mol. The van der Waals surface area contributed by atoms with E-state index < -0.39 is 82.8 Å². The van der Waals surface area contributed by atoms with E-state index in [0.717, 1.165) is 5.57 Å². The van der Waals surface area contributed by atoms with Gasteiger partial charge in [-0.3, -0.25) is 14.4 Å². The number of hydrogen-bond donors (Lipinski definition) is 1. The van der Waals surface area contributed by atoms with Crippen molar-refractivity contribution in [1.29, 1.82) is 0 Å². The molecule has 10 nitrogen and oxygen atoms in total. The molecule has 1 N–H and O–H groups in total. The second kappa shape index (κ2) is 10.6. The normalized spacial score (nSPS) is 37.5. The molecule has 4 aliphatic rings. The summed E-state index contributed by atoms with van der Waals surface area (Å²) < 4.78 is 31.1. The molecule has 1 aromatic rings. The first-order chi connectivity index (χ1) is 20.1. The maximum atomic E-state index is 13.8. The summed E-state index contributed by atoms with van der Waals surface area (Å²) >= 11 is 0. The molecule has 0 aromatic heterocycles. The van der Waals surface area contributed by atoms with Crippen molar-refractivity contribution < 1.29 is 48.0 Å². The molecule has 3 fully saturated rings. The SMILES string of the molecule is C=C1[C@@H](O)C[C@H](OC(C)=O)[C@@]2(C)[C@@H](OC(C)=O)[C@H](OC(=O)c3ccccc3)C3=C(C)[C@H]4C[C@]3([C@@H](OC(C)=O)[C@H]12)C(C)(C)O4. The van der Waals surface area contributed by atoms with Gasteiger partial charge in [0.2, 0.25) is 0 Å². The Labute approximate surface area is 251 Å². The van der Waals surface area contributed by atoms with Crippen LogP contribution >= 0.6 is 0 Å². The Hall–Kier alpha value is -3.50. The zero-order valence-electron chi connectivity index (χ0n) is 25.7. The summed E-state index contributed by atoms with van der Waals surface area (Å²) in [7, 11) is 0. The van der Waals surface area contributed by atoms with Crippen LogP contribution < -0.4 is 0 Å². The van der Waals surface area contributed by atoms with Gasteiger partial charge in [-0.1, -0.05) is 31.7 Å². The quantitative estimate of drug-likeness (QED) is 0.303. The lowest BCUT2D eigenvalue weighted by atomic mass is 9.54. The molecule has 0 radical (unpaired) electrons. The van der Waals surface area contributed by atoms with E-state index in [1.54, 1.807) is 37.3 Å². The standard InChI is InChI=1S/C33H40O10/c1-16-22(37)14-24(39-18(3)34)32(8)26(16)28(40-19(4)35)33-15-23(43-31(33,6)7)17(2)25(33)27(29(32)41-20(5)36)42-30(38)21-12-10-9-11-13-21/h9-13,22-24,26-29,37H,1,14-15H2,2-8H3/t22-,23+,24-,26-,27+,28-,29-,32+,33-/m0/s1. The zero-order chi connectivity index (χ0) is 31.6. The second-order valence-corrected chi connectivity index (χ2v) is 12.9. The maximum absolute atomic E-state index is 13.8. The average molecular weight is 597 g/mol. The zero-order valence-corrected chi connectivity index (χ0v) is 25.7. The molecule has 0 amide bonds. The van der Waals surface area contributed by atoms with Crippen LogP contribution in [0.25, 0.3) is 0 Å². The van der Waals surface area contributed by atoms with Crippen molar-refractivity contribution in [3.05, 3.63) is 59.2 Å². The van der Waals surface area contributed by atoms with Crippen molar-refractivity contribution in [1.82, 2.24) is 0 Å². The van der Waals surface area contributed by atoms with Gasteiger partial charge in [-0.15, -0.1) is 0 Å². The summed E-state index contributed by atoms with van der Waals surface area (Å²) in [5.41, 5.74) is -1.39. The number of ether oxygens (including phenoxy) is 5. The lowest BCUT2D eigenvalue weighted by molar-refractivity contribution is -0.210.